The van der Waals surface area contributed by atoms with E-state index in [1.807, 2.05) is 18.3 Å². The molecule has 0 spiro atoms. The van der Waals surface area contributed by atoms with Crippen molar-refractivity contribution in [2.24, 2.45) is 0 Å². The van der Waals surface area contributed by atoms with E-state index in [0.29, 0.717) is 4.77 Å². The zero-order chi connectivity index (χ0) is 10.3. The summed E-state index contributed by atoms with van der Waals surface area (Å²) >= 11 is 5.00. The van der Waals surface area contributed by atoms with E-state index in [0.717, 1.165) is 30.0 Å². The van der Waals surface area contributed by atoms with Crippen LogP contribution >= 0.6 is 12.2 Å². The molecule has 2 aromatic rings. The molecule has 1 aliphatic rings. The van der Waals surface area contributed by atoms with E-state index in [-0.39, 0.29) is 0 Å². The van der Waals surface area contributed by atoms with Crippen molar-refractivity contribution in [1.29, 1.82) is 0 Å². The van der Waals surface area contributed by atoms with Gasteiger partial charge in [0, 0.05) is 18.2 Å². The highest BCUT2D eigenvalue weighted by Gasteiger charge is 2.12. The predicted octanol–water partition coefficient (Wildman–Crippen LogP) is 2.67. The molecule has 1 aromatic carbocycles. The number of hydrogen-bond donors (Lipinski definition) is 2. The second-order valence-electron chi connectivity index (χ2n) is 3.58. The Labute approximate surface area is 92.1 Å². The molecule has 2 N–H and O–H groups in total. The molecule has 1 aliphatic heterocycles. The van der Waals surface area contributed by atoms with E-state index in [4.69, 9.17) is 17.0 Å². The van der Waals surface area contributed by atoms with Crippen LogP contribution < -0.4 is 4.74 Å². The summed E-state index contributed by atoms with van der Waals surface area (Å²) in [5.74, 6) is 1.01. The minimum atomic E-state index is 0.654. The van der Waals surface area contributed by atoms with Gasteiger partial charge in [-0.2, -0.15) is 0 Å². The first-order valence-corrected chi connectivity index (χ1v) is 5.27. The Bertz CT molecular complexity index is 556. The largest absolute Gasteiger partial charge is 0.493 e. The zero-order valence-electron chi connectivity index (χ0n) is 8.04. The Morgan fingerprint density at radius 2 is 2.27 bits per heavy atom. The molecule has 3 rings (SSSR count). The Morgan fingerprint density at radius 3 is 3.07 bits per heavy atom. The average Bonchev–Trinajstić information content (AvgIpc) is 2.84. The van der Waals surface area contributed by atoms with E-state index < -0.39 is 0 Å². The minimum absolute atomic E-state index is 0.654. The van der Waals surface area contributed by atoms with Gasteiger partial charge >= 0.3 is 0 Å². The van der Waals surface area contributed by atoms with Crippen molar-refractivity contribution in [1.82, 2.24) is 9.97 Å². The fraction of sp³-hybridized carbons (Fsp3) is 0.182. The van der Waals surface area contributed by atoms with Gasteiger partial charge in [-0.05, 0) is 36.0 Å². The molecule has 0 fully saturated rings. The van der Waals surface area contributed by atoms with E-state index in [2.05, 4.69) is 16.0 Å². The lowest BCUT2D eigenvalue weighted by atomic mass is 10.1. The quantitative estimate of drug-likeness (QED) is 0.722. The molecule has 15 heavy (non-hydrogen) atoms. The first kappa shape index (κ1) is 8.73. The molecule has 0 radical (unpaired) electrons. The zero-order valence-corrected chi connectivity index (χ0v) is 8.86. The van der Waals surface area contributed by atoms with Crippen molar-refractivity contribution >= 4 is 12.2 Å². The average molecular weight is 218 g/mol. The SMILES string of the molecule is S=c1[nH]cc(-c2ccc3c(c2)CCO3)[nH]1. The summed E-state index contributed by atoms with van der Waals surface area (Å²) in [4.78, 5) is 6.06. The van der Waals surface area contributed by atoms with Gasteiger partial charge in [0.1, 0.15) is 5.75 Å². The van der Waals surface area contributed by atoms with Crippen molar-refractivity contribution < 1.29 is 4.74 Å². The number of ether oxygens (including phenoxy) is 1. The number of fused-ring (bicyclic) bond motifs is 1. The third-order valence-corrected chi connectivity index (χ3v) is 2.82. The van der Waals surface area contributed by atoms with Gasteiger partial charge in [-0.1, -0.05) is 0 Å². The second kappa shape index (κ2) is 3.24. The Balaban J connectivity index is 2.10. The molecule has 2 heterocycles. The number of H-pyrrole nitrogens is 2. The highest BCUT2D eigenvalue weighted by molar-refractivity contribution is 7.71. The van der Waals surface area contributed by atoms with E-state index in [9.17, 15) is 0 Å². The van der Waals surface area contributed by atoms with Crippen LogP contribution in [0.3, 0.4) is 0 Å². The molecule has 0 atom stereocenters. The number of benzene rings is 1. The predicted molar refractivity (Wildman–Crippen MR) is 60.6 cm³/mol. The van der Waals surface area contributed by atoms with Gasteiger partial charge < -0.3 is 14.7 Å². The van der Waals surface area contributed by atoms with Gasteiger partial charge in [0.15, 0.2) is 4.77 Å². The standard InChI is InChI=1S/C11H10N2OS/c15-11-12-6-9(13-11)7-1-2-10-8(5-7)3-4-14-10/h1-2,5-6H,3-4H2,(H2,12,13,15). The molecule has 3 nitrogen and oxygen atoms in total. The van der Waals surface area contributed by atoms with Crippen LogP contribution in [0.15, 0.2) is 24.4 Å². The minimum Gasteiger partial charge on any atom is -0.493 e. The maximum absolute atomic E-state index is 5.46. The number of rotatable bonds is 1. The van der Waals surface area contributed by atoms with Crippen molar-refractivity contribution in [3.63, 3.8) is 0 Å². The van der Waals surface area contributed by atoms with Gasteiger partial charge in [0.2, 0.25) is 0 Å². The highest BCUT2D eigenvalue weighted by atomic mass is 32.1. The van der Waals surface area contributed by atoms with Crippen LogP contribution in [-0.2, 0) is 6.42 Å². The van der Waals surface area contributed by atoms with Crippen molar-refractivity contribution in [3.05, 3.63) is 34.7 Å². The molecule has 0 bridgehead atoms. The number of hydrogen-bond acceptors (Lipinski definition) is 2. The van der Waals surface area contributed by atoms with Crippen LogP contribution in [0.5, 0.6) is 5.75 Å². The molecule has 0 saturated carbocycles. The fourth-order valence-corrected chi connectivity index (χ4v) is 2.01. The van der Waals surface area contributed by atoms with Crippen molar-refractivity contribution in [3.8, 4) is 17.0 Å². The van der Waals surface area contributed by atoms with Crippen LogP contribution in [0.4, 0.5) is 0 Å². The third kappa shape index (κ3) is 1.47. The van der Waals surface area contributed by atoms with Crippen LogP contribution in [-0.4, -0.2) is 16.6 Å². The van der Waals surface area contributed by atoms with Crippen molar-refractivity contribution in [2.75, 3.05) is 6.61 Å². The van der Waals surface area contributed by atoms with Gasteiger partial charge in [-0.25, -0.2) is 0 Å². The lowest BCUT2D eigenvalue weighted by Gasteiger charge is -2.01. The number of aromatic nitrogens is 2. The van der Waals surface area contributed by atoms with Crippen LogP contribution in [0.25, 0.3) is 11.3 Å². The van der Waals surface area contributed by atoms with E-state index in [1.165, 1.54) is 5.56 Å². The lowest BCUT2D eigenvalue weighted by molar-refractivity contribution is 0.357. The van der Waals surface area contributed by atoms with E-state index in [1.54, 1.807) is 0 Å². The molecule has 4 heteroatoms. The summed E-state index contributed by atoms with van der Waals surface area (Å²) in [6.45, 7) is 0.794. The highest BCUT2D eigenvalue weighted by Crippen LogP contribution is 2.29. The summed E-state index contributed by atoms with van der Waals surface area (Å²) in [6.07, 6.45) is 2.88. The summed E-state index contributed by atoms with van der Waals surface area (Å²) in [6, 6.07) is 6.21. The molecule has 0 saturated heterocycles. The fourth-order valence-electron chi connectivity index (χ4n) is 1.84. The van der Waals surface area contributed by atoms with Gasteiger partial charge in [-0.15, -0.1) is 0 Å². The Morgan fingerprint density at radius 1 is 1.33 bits per heavy atom. The van der Waals surface area contributed by atoms with Gasteiger partial charge in [0.05, 0.1) is 12.3 Å². The summed E-state index contributed by atoms with van der Waals surface area (Å²) in [5.41, 5.74) is 3.44. The normalized spacial score (nSPS) is 13.6. The second-order valence-corrected chi connectivity index (χ2v) is 3.99. The molecule has 0 amide bonds. The lowest BCUT2D eigenvalue weighted by Crippen LogP contribution is -1.85. The van der Waals surface area contributed by atoms with E-state index >= 15 is 0 Å². The monoisotopic (exact) mass is 218 g/mol. The first-order valence-electron chi connectivity index (χ1n) is 4.87. The Hall–Kier alpha value is -1.55. The first-order chi connectivity index (χ1) is 7.33. The number of imidazole rings is 1. The van der Waals surface area contributed by atoms with Crippen LogP contribution in [0.1, 0.15) is 5.56 Å². The summed E-state index contributed by atoms with van der Waals surface area (Å²) in [5, 5.41) is 0. The number of aromatic amines is 2. The molecule has 0 aliphatic carbocycles. The topological polar surface area (TPSA) is 40.8 Å². The summed E-state index contributed by atoms with van der Waals surface area (Å²) in [7, 11) is 0. The molecular weight excluding hydrogens is 208 g/mol. The van der Waals surface area contributed by atoms with Crippen molar-refractivity contribution in [2.45, 2.75) is 6.42 Å². The maximum Gasteiger partial charge on any atom is 0.174 e. The molecule has 0 unspecified atom stereocenters. The van der Waals surface area contributed by atoms with Gasteiger partial charge in [0.25, 0.3) is 0 Å². The maximum atomic E-state index is 5.46. The molecule has 1 aromatic heterocycles. The van der Waals surface area contributed by atoms with Gasteiger partial charge in [-0.3, -0.25) is 0 Å². The smallest absolute Gasteiger partial charge is 0.174 e. The van der Waals surface area contributed by atoms with Crippen LogP contribution in [0.2, 0.25) is 0 Å². The number of nitrogens with one attached hydrogen (secondary N) is 2. The molecule has 76 valence electrons. The van der Waals surface area contributed by atoms with Crippen LogP contribution in [0, 0.1) is 4.77 Å². The summed E-state index contributed by atoms with van der Waals surface area (Å²) < 4.78 is 6.11. The Kier molecular flexibility index (Phi) is 1.89. The molecular formula is C11H10N2OS. The third-order valence-electron chi connectivity index (χ3n) is 2.60.